The van der Waals surface area contributed by atoms with Crippen molar-refractivity contribution in [3.8, 4) is 0 Å². The van der Waals surface area contributed by atoms with Gasteiger partial charge in [-0.2, -0.15) is 13.2 Å². The van der Waals surface area contributed by atoms with Gasteiger partial charge in [0, 0.05) is 20.4 Å². The number of hydrogen-bond acceptors (Lipinski definition) is 4. The molecule has 2 aromatic carbocycles. The molecule has 4 nitrogen and oxygen atoms in total. The molecule has 0 fully saturated rings. The fourth-order valence-corrected chi connectivity index (χ4v) is 4.08. The van der Waals surface area contributed by atoms with Gasteiger partial charge < -0.3 is 15.9 Å². The summed E-state index contributed by atoms with van der Waals surface area (Å²) in [6.07, 6.45) is -3.35. The number of alkyl halides is 3. The maximum Gasteiger partial charge on any atom is 0.416 e. The number of aryl methyl sites for hydroxylation is 1. The van der Waals surface area contributed by atoms with Gasteiger partial charge in [-0.15, -0.1) is 0 Å². The summed E-state index contributed by atoms with van der Waals surface area (Å²) in [4.78, 5) is 12.0. The normalized spacial score (nSPS) is 13.9. The van der Waals surface area contributed by atoms with Crippen molar-refractivity contribution < 1.29 is 28.2 Å². The van der Waals surface area contributed by atoms with Crippen molar-refractivity contribution >= 4 is 29.3 Å². The van der Waals surface area contributed by atoms with E-state index in [9.17, 15) is 23.1 Å². The Hall–Kier alpha value is -1.74. The number of carbonyl (C=O) groups is 1. The van der Waals surface area contributed by atoms with Gasteiger partial charge in [0.1, 0.15) is 0 Å². The topological polar surface area (TPSA) is 83.5 Å². The average molecular weight is 448 g/mol. The summed E-state index contributed by atoms with van der Waals surface area (Å²) < 4.78 is 38.5. The van der Waals surface area contributed by atoms with Crippen LogP contribution in [0.4, 0.5) is 13.2 Å². The summed E-state index contributed by atoms with van der Waals surface area (Å²) in [5.74, 6) is -1.07. The van der Waals surface area contributed by atoms with E-state index in [0.29, 0.717) is 34.1 Å². The lowest BCUT2D eigenvalue weighted by atomic mass is 9.90. The van der Waals surface area contributed by atoms with Gasteiger partial charge in [-0.3, -0.25) is 4.79 Å². The first kappa shape index (κ1) is 23.5. The summed E-state index contributed by atoms with van der Waals surface area (Å²) in [6.45, 7) is -0.431. The van der Waals surface area contributed by atoms with Crippen molar-refractivity contribution in [2.75, 3.05) is 6.61 Å². The van der Waals surface area contributed by atoms with E-state index in [4.69, 9.17) is 22.4 Å². The van der Waals surface area contributed by atoms with Gasteiger partial charge in [0.25, 0.3) is 0 Å². The molecule has 0 aliphatic carbocycles. The van der Waals surface area contributed by atoms with Gasteiger partial charge in [0.2, 0.25) is 0 Å². The standard InChI is InChI=1S/C20H21ClF3NO3S/c21-17-10-16(29-15-5-1-4-14(9-15)20(22,23)24)7-6-13(17)3-2-8-19(25,12-26)11-18(27)28/h1,4-7,9-10,26H,2-3,8,11-12,25H2,(H,27,28). The zero-order valence-corrected chi connectivity index (χ0v) is 16.9. The highest BCUT2D eigenvalue weighted by Crippen LogP contribution is 2.35. The van der Waals surface area contributed by atoms with E-state index in [1.54, 1.807) is 24.3 Å². The van der Waals surface area contributed by atoms with Crippen molar-refractivity contribution in [1.82, 2.24) is 0 Å². The van der Waals surface area contributed by atoms with Gasteiger partial charge in [-0.05, 0) is 55.2 Å². The zero-order chi connectivity index (χ0) is 21.7. The molecule has 0 bridgehead atoms. The molecule has 2 aromatic rings. The van der Waals surface area contributed by atoms with Crippen LogP contribution >= 0.6 is 23.4 Å². The van der Waals surface area contributed by atoms with Crippen LogP contribution in [0.15, 0.2) is 52.3 Å². The second-order valence-electron chi connectivity index (χ2n) is 6.83. The van der Waals surface area contributed by atoms with Crippen LogP contribution in [0.5, 0.6) is 0 Å². The summed E-state index contributed by atoms with van der Waals surface area (Å²) in [6, 6.07) is 10.3. The van der Waals surface area contributed by atoms with Crippen LogP contribution in [0.3, 0.4) is 0 Å². The lowest BCUT2D eigenvalue weighted by Crippen LogP contribution is -2.45. The maximum absolute atomic E-state index is 12.8. The summed E-state index contributed by atoms with van der Waals surface area (Å²) in [5, 5.41) is 18.7. The van der Waals surface area contributed by atoms with Crippen LogP contribution in [0.2, 0.25) is 5.02 Å². The quantitative estimate of drug-likeness (QED) is 0.504. The second-order valence-corrected chi connectivity index (χ2v) is 8.38. The Morgan fingerprint density at radius 2 is 1.83 bits per heavy atom. The molecule has 0 radical (unpaired) electrons. The summed E-state index contributed by atoms with van der Waals surface area (Å²) >= 11 is 7.48. The van der Waals surface area contributed by atoms with E-state index >= 15 is 0 Å². The number of halogens is 4. The Kier molecular flexibility index (Phi) is 7.99. The van der Waals surface area contributed by atoms with E-state index in [-0.39, 0.29) is 6.42 Å². The van der Waals surface area contributed by atoms with Crippen LogP contribution < -0.4 is 5.73 Å². The third-order valence-corrected chi connectivity index (χ3v) is 5.69. The lowest BCUT2D eigenvalue weighted by molar-refractivity contribution is -0.139. The largest absolute Gasteiger partial charge is 0.481 e. The minimum absolute atomic E-state index is 0.312. The molecule has 0 heterocycles. The molecule has 0 amide bonds. The first-order valence-electron chi connectivity index (χ1n) is 8.77. The molecule has 0 saturated carbocycles. The van der Waals surface area contributed by atoms with E-state index < -0.39 is 29.9 Å². The second kappa shape index (κ2) is 9.84. The minimum Gasteiger partial charge on any atom is -0.481 e. The predicted molar refractivity (Wildman–Crippen MR) is 106 cm³/mol. The molecule has 1 unspecified atom stereocenters. The van der Waals surface area contributed by atoms with Crippen molar-refractivity contribution in [3.05, 3.63) is 58.6 Å². The molecule has 0 spiro atoms. The Morgan fingerprint density at radius 3 is 2.41 bits per heavy atom. The van der Waals surface area contributed by atoms with Gasteiger partial charge in [0.15, 0.2) is 0 Å². The summed E-state index contributed by atoms with van der Waals surface area (Å²) in [5.41, 5.74) is 4.83. The number of nitrogens with two attached hydrogens (primary N) is 1. The number of benzene rings is 2. The highest BCUT2D eigenvalue weighted by atomic mass is 35.5. The van der Waals surface area contributed by atoms with Crippen molar-refractivity contribution in [3.63, 3.8) is 0 Å². The molecular weight excluding hydrogens is 427 g/mol. The molecule has 0 aliphatic heterocycles. The van der Waals surface area contributed by atoms with Crippen LogP contribution in [0.25, 0.3) is 0 Å². The molecule has 4 N–H and O–H groups in total. The number of aliphatic hydroxyl groups is 1. The third kappa shape index (κ3) is 7.22. The molecular formula is C20H21ClF3NO3S. The van der Waals surface area contributed by atoms with E-state index in [2.05, 4.69) is 0 Å². The van der Waals surface area contributed by atoms with Crippen LogP contribution in [0.1, 0.15) is 30.4 Å². The molecule has 2 rings (SSSR count). The van der Waals surface area contributed by atoms with Gasteiger partial charge >= 0.3 is 12.1 Å². The first-order chi connectivity index (χ1) is 13.5. The van der Waals surface area contributed by atoms with Crippen LogP contribution in [-0.4, -0.2) is 28.3 Å². The smallest absolute Gasteiger partial charge is 0.416 e. The van der Waals surface area contributed by atoms with Crippen molar-refractivity contribution in [2.45, 2.75) is 47.2 Å². The fourth-order valence-electron chi connectivity index (χ4n) is 2.82. The first-order valence-corrected chi connectivity index (χ1v) is 9.97. The molecule has 1 atom stereocenters. The highest BCUT2D eigenvalue weighted by Gasteiger charge is 2.30. The monoisotopic (exact) mass is 447 g/mol. The Bertz CT molecular complexity index is 863. The number of carboxylic acid groups (broad SMARTS) is 1. The number of rotatable bonds is 9. The van der Waals surface area contributed by atoms with Gasteiger partial charge in [-0.1, -0.05) is 35.5 Å². The molecule has 0 saturated heterocycles. The van der Waals surface area contributed by atoms with E-state index in [1.807, 2.05) is 0 Å². The predicted octanol–water partition coefficient (Wildman–Crippen LogP) is 5.00. The maximum atomic E-state index is 12.8. The number of aliphatic carboxylic acids is 1. The molecule has 158 valence electrons. The Balaban J connectivity index is 2.01. The SMILES string of the molecule is NC(CO)(CCCc1ccc(Sc2cccc(C(F)(F)F)c2)cc1Cl)CC(=O)O. The average Bonchev–Trinajstić information content (AvgIpc) is 2.62. The molecule has 9 heteroatoms. The molecule has 0 aliphatic rings. The highest BCUT2D eigenvalue weighted by molar-refractivity contribution is 7.99. The Morgan fingerprint density at radius 1 is 1.14 bits per heavy atom. The van der Waals surface area contributed by atoms with Gasteiger partial charge in [0.05, 0.1) is 18.6 Å². The van der Waals surface area contributed by atoms with E-state index in [1.165, 1.54) is 17.8 Å². The third-order valence-electron chi connectivity index (χ3n) is 4.36. The molecule has 29 heavy (non-hydrogen) atoms. The fraction of sp³-hybridized carbons (Fsp3) is 0.350. The van der Waals surface area contributed by atoms with Crippen molar-refractivity contribution in [2.24, 2.45) is 5.73 Å². The Labute approximate surface area is 175 Å². The summed E-state index contributed by atoms with van der Waals surface area (Å²) in [7, 11) is 0. The van der Waals surface area contributed by atoms with E-state index in [0.717, 1.165) is 17.7 Å². The molecule has 0 aromatic heterocycles. The number of carboxylic acids is 1. The minimum atomic E-state index is -4.40. The van der Waals surface area contributed by atoms with Gasteiger partial charge in [-0.25, -0.2) is 0 Å². The van der Waals surface area contributed by atoms with Crippen molar-refractivity contribution in [1.29, 1.82) is 0 Å². The lowest BCUT2D eigenvalue weighted by Gasteiger charge is -2.25. The van der Waals surface area contributed by atoms with Crippen LogP contribution in [0, 0.1) is 0 Å². The number of hydrogen-bond donors (Lipinski definition) is 3. The zero-order valence-electron chi connectivity index (χ0n) is 15.4. The van der Waals surface area contributed by atoms with Crippen LogP contribution in [-0.2, 0) is 17.4 Å². The number of aliphatic hydroxyl groups excluding tert-OH is 1.